The predicted octanol–water partition coefficient (Wildman–Crippen LogP) is 2.62. The predicted molar refractivity (Wildman–Crippen MR) is 46.8 cm³/mol. The number of hydrogen-bond donors (Lipinski definition) is 0. The van der Waals surface area contributed by atoms with Crippen molar-refractivity contribution in [1.29, 1.82) is 0 Å². The smallest absolute Gasteiger partial charge is 0.130 e. The van der Waals surface area contributed by atoms with Gasteiger partial charge in [-0.15, -0.1) is 11.6 Å². The molecule has 0 radical (unpaired) electrons. The molecule has 2 unspecified atom stereocenters. The van der Waals surface area contributed by atoms with E-state index in [9.17, 15) is 4.79 Å². The summed E-state index contributed by atoms with van der Waals surface area (Å²) in [4.78, 5) is 10.7. The zero-order chi connectivity index (χ0) is 8.86. The second kappa shape index (κ2) is 2.22. The van der Waals surface area contributed by atoms with Crippen LogP contribution in [0.5, 0.6) is 0 Å². The van der Waals surface area contributed by atoms with Crippen LogP contribution in [0.1, 0.15) is 34.1 Å². The van der Waals surface area contributed by atoms with Gasteiger partial charge in [-0.1, -0.05) is 13.8 Å². The Balaban J connectivity index is 2.61. The van der Waals surface area contributed by atoms with Crippen molar-refractivity contribution in [2.75, 3.05) is 0 Å². The van der Waals surface area contributed by atoms with Crippen molar-refractivity contribution in [2.45, 2.75) is 39.0 Å². The molecule has 0 amide bonds. The molecular weight excluding hydrogens is 160 g/mol. The van der Waals surface area contributed by atoms with Crippen molar-refractivity contribution in [3.8, 4) is 0 Å². The van der Waals surface area contributed by atoms with E-state index < -0.39 is 0 Å². The van der Waals surface area contributed by atoms with E-state index in [4.69, 9.17) is 11.6 Å². The summed E-state index contributed by atoms with van der Waals surface area (Å²) in [6, 6.07) is 0. The van der Waals surface area contributed by atoms with Crippen LogP contribution >= 0.6 is 11.6 Å². The lowest BCUT2D eigenvalue weighted by Gasteiger charge is -2.01. The van der Waals surface area contributed by atoms with Crippen molar-refractivity contribution in [2.24, 2.45) is 11.3 Å². The van der Waals surface area contributed by atoms with E-state index >= 15 is 0 Å². The molecule has 64 valence electrons. The number of hydrogen-bond acceptors (Lipinski definition) is 1. The Morgan fingerprint density at radius 1 is 1.45 bits per heavy atom. The van der Waals surface area contributed by atoms with Crippen LogP contribution in [-0.4, -0.2) is 10.7 Å². The van der Waals surface area contributed by atoms with E-state index in [0.29, 0.717) is 12.3 Å². The molecule has 1 saturated carbocycles. The molecule has 0 bridgehead atoms. The highest BCUT2D eigenvalue weighted by atomic mass is 35.5. The molecule has 0 spiro atoms. The molecule has 0 N–H and O–H groups in total. The van der Waals surface area contributed by atoms with Gasteiger partial charge in [0.05, 0.1) is 4.87 Å². The summed E-state index contributed by atoms with van der Waals surface area (Å²) < 4.78 is 0. The monoisotopic (exact) mass is 174 g/mol. The van der Waals surface area contributed by atoms with Gasteiger partial charge in [-0.25, -0.2) is 0 Å². The maximum atomic E-state index is 10.8. The normalized spacial score (nSPS) is 40.3. The molecule has 1 nitrogen and oxygen atoms in total. The minimum Gasteiger partial charge on any atom is -0.300 e. The third-order valence-electron chi connectivity index (χ3n) is 3.19. The largest absolute Gasteiger partial charge is 0.300 e. The number of carbonyl (C=O) groups is 1. The first kappa shape index (κ1) is 9.05. The number of Topliss-reactive ketones (excluding diaryl/α,β-unsaturated/α-hetero) is 1. The molecule has 0 heterocycles. The number of rotatable bonds is 2. The molecule has 0 aliphatic heterocycles. The zero-order valence-corrected chi connectivity index (χ0v) is 8.33. The highest BCUT2D eigenvalue weighted by Crippen LogP contribution is 2.67. The topological polar surface area (TPSA) is 17.1 Å². The summed E-state index contributed by atoms with van der Waals surface area (Å²) >= 11 is 6.19. The highest BCUT2D eigenvalue weighted by Gasteiger charge is 2.66. The molecule has 1 aliphatic carbocycles. The molecular formula is C9H15ClO. The highest BCUT2D eigenvalue weighted by molar-refractivity contribution is 6.27. The van der Waals surface area contributed by atoms with Crippen molar-refractivity contribution >= 4 is 17.4 Å². The van der Waals surface area contributed by atoms with Gasteiger partial charge in [0, 0.05) is 6.42 Å². The summed E-state index contributed by atoms with van der Waals surface area (Å²) in [5.41, 5.74) is 0.139. The van der Waals surface area contributed by atoms with Crippen LogP contribution in [0, 0.1) is 11.3 Å². The first-order valence-corrected chi connectivity index (χ1v) is 4.36. The van der Waals surface area contributed by atoms with Gasteiger partial charge in [0.1, 0.15) is 5.78 Å². The number of halogens is 1. The Morgan fingerprint density at radius 3 is 1.91 bits per heavy atom. The van der Waals surface area contributed by atoms with Crippen LogP contribution in [-0.2, 0) is 4.79 Å². The van der Waals surface area contributed by atoms with Gasteiger partial charge in [-0.3, -0.25) is 0 Å². The first-order chi connectivity index (χ1) is 4.80. The van der Waals surface area contributed by atoms with E-state index in [1.54, 1.807) is 6.92 Å². The lowest BCUT2D eigenvalue weighted by molar-refractivity contribution is -0.117. The van der Waals surface area contributed by atoms with Crippen LogP contribution in [0.25, 0.3) is 0 Å². The summed E-state index contributed by atoms with van der Waals surface area (Å²) in [7, 11) is 0. The lowest BCUT2D eigenvalue weighted by atomic mass is 10.1. The molecule has 11 heavy (non-hydrogen) atoms. The maximum Gasteiger partial charge on any atom is 0.130 e. The SMILES string of the molecule is CC(=O)CC1C(C)(C)C1(C)Cl. The van der Waals surface area contributed by atoms with E-state index in [-0.39, 0.29) is 16.1 Å². The standard InChI is InChI=1S/C9H15ClO/c1-6(11)5-7-8(2,3)9(7,4)10/h7H,5H2,1-4H3. The van der Waals surface area contributed by atoms with Crippen LogP contribution in [0.15, 0.2) is 0 Å². The molecule has 0 saturated heterocycles. The molecule has 0 aromatic heterocycles. The maximum absolute atomic E-state index is 10.8. The van der Waals surface area contributed by atoms with Gasteiger partial charge < -0.3 is 4.79 Å². The number of carbonyl (C=O) groups excluding carboxylic acids is 1. The zero-order valence-electron chi connectivity index (χ0n) is 7.57. The molecule has 1 fully saturated rings. The van der Waals surface area contributed by atoms with Crippen molar-refractivity contribution in [3.05, 3.63) is 0 Å². The average Bonchev–Trinajstić information content (AvgIpc) is 2.11. The van der Waals surface area contributed by atoms with Crippen molar-refractivity contribution < 1.29 is 4.79 Å². The van der Waals surface area contributed by atoms with E-state index in [0.717, 1.165) is 0 Å². The van der Waals surface area contributed by atoms with Gasteiger partial charge >= 0.3 is 0 Å². The quantitative estimate of drug-likeness (QED) is 0.589. The van der Waals surface area contributed by atoms with Crippen molar-refractivity contribution in [3.63, 3.8) is 0 Å². The van der Waals surface area contributed by atoms with Crippen LogP contribution in [0.4, 0.5) is 0 Å². The van der Waals surface area contributed by atoms with Crippen LogP contribution in [0.3, 0.4) is 0 Å². The van der Waals surface area contributed by atoms with Crippen LogP contribution in [0.2, 0.25) is 0 Å². The van der Waals surface area contributed by atoms with Crippen molar-refractivity contribution in [1.82, 2.24) is 0 Å². The Morgan fingerprint density at radius 2 is 1.82 bits per heavy atom. The molecule has 2 heteroatoms. The van der Waals surface area contributed by atoms with Gasteiger partial charge in [-0.05, 0) is 25.2 Å². The minimum atomic E-state index is -0.154. The second-order valence-electron chi connectivity index (χ2n) is 4.26. The fourth-order valence-corrected chi connectivity index (χ4v) is 2.21. The van der Waals surface area contributed by atoms with Gasteiger partial charge in [0.15, 0.2) is 0 Å². The fourth-order valence-electron chi connectivity index (χ4n) is 1.78. The van der Waals surface area contributed by atoms with Gasteiger partial charge in [0.25, 0.3) is 0 Å². The van der Waals surface area contributed by atoms with E-state index in [1.165, 1.54) is 0 Å². The van der Waals surface area contributed by atoms with E-state index in [2.05, 4.69) is 13.8 Å². The second-order valence-corrected chi connectivity index (χ2v) is 5.04. The average molecular weight is 175 g/mol. The summed E-state index contributed by atoms with van der Waals surface area (Å²) in [6.45, 7) is 7.88. The van der Waals surface area contributed by atoms with Gasteiger partial charge in [-0.2, -0.15) is 0 Å². The molecule has 1 aliphatic rings. The molecule has 1 rings (SSSR count). The van der Waals surface area contributed by atoms with Gasteiger partial charge in [0.2, 0.25) is 0 Å². The summed E-state index contributed by atoms with van der Waals surface area (Å²) in [6.07, 6.45) is 0.632. The molecule has 2 atom stereocenters. The Kier molecular flexibility index (Phi) is 1.83. The third kappa shape index (κ3) is 1.20. The van der Waals surface area contributed by atoms with Crippen LogP contribution < -0.4 is 0 Å². The minimum absolute atomic E-state index is 0.139. The van der Waals surface area contributed by atoms with E-state index in [1.807, 2.05) is 6.92 Å². The fraction of sp³-hybridized carbons (Fsp3) is 0.889. The Labute approximate surface area is 73.1 Å². The lowest BCUT2D eigenvalue weighted by Crippen LogP contribution is -2.00. The summed E-state index contributed by atoms with van der Waals surface area (Å²) in [5, 5.41) is 0. The number of alkyl halides is 1. The molecule has 0 aromatic carbocycles. The Hall–Kier alpha value is -0.0400. The first-order valence-electron chi connectivity index (χ1n) is 3.98. The third-order valence-corrected chi connectivity index (χ3v) is 3.94. The Bertz CT molecular complexity index is 180. The molecule has 0 aromatic rings. The summed E-state index contributed by atoms with van der Waals surface area (Å²) in [5.74, 6) is 0.613. The number of ketones is 1.